The monoisotopic (exact) mass is 969 g/mol. The molecular formula is C58H112O10. The Bertz CT molecular complexity index is 1070. The van der Waals surface area contributed by atoms with E-state index in [0.29, 0.717) is 6.42 Å². The lowest BCUT2D eigenvalue weighted by molar-refractivity contribution is -0.305. The van der Waals surface area contributed by atoms with Crippen LogP contribution in [0.5, 0.6) is 0 Å². The Morgan fingerprint density at radius 3 is 1.00 bits per heavy atom. The first-order chi connectivity index (χ1) is 33.3. The number of unbranched alkanes of at least 4 members (excludes halogenated alkanes) is 41. The van der Waals surface area contributed by atoms with Crippen molar-refractivity contribution >= 4 is 11.9 Å². The van der Waals surface area contributed by atoms with Crippen molar-refractivity contribution in [3.05, 3.63) is 0 Å². The van der Waals surface area contributed by atoms with Gasteiger partial charge < -0.3 is 39.4 Å². The van der Waals surface area contributed by atoms with Crippen LogP contribution in [0.25, 0.3) is 0 Å². The molecule has 0 aromatic rings. The fourth-order valence-corrected chi connectivity index (χ4v) is 9.61. The molecule has 0 amide bonds. The summed E-state index contributed by atoms with van der Waals surface area (Å²) in [4.78, 5) is 25.6. The first kappa shape index (κ1) is 64.7. The van der Waals surface area contributed by atoms with Crippen LogP contribution in [0.1, 0.15) is 303 Å². The summed E-state index contributed by atoms with van der Waals surface area (Å²) < 4.78 is 22.3. The Morgan fingerprint density at radius 2 is 0.691 bits per heavy atom. The first-order valence-corrected chi connectivity index (χ1v) is 29.6. The molecule has 0 spiro atoms. The fourth-order valence-electron chi connectivity index (χ4n) is 9.61. The van der Waals surface area contributed by atoms with Gasteiger partial charge in [0.15, 0.2) is 12.4 Å². The predicted molar refractivity (Wildman–Crippen MR) is 280 cm³/mol. The summed E-state index contributed by atoms with van der Waals surface area (Å²) in [6.07, 6.45) is 48.4. The first-order valence-electron chi connectivity index (χ1n) is 29.6. The minimum Gasteiger partial charge on any atom is -0.462 e. The molecule has 4 N–H and O–H groups in total. The van der Waals surface area contributed by atoms with Crippen molar-refractivity contribution in [1.82, 2.24) is 0 Å². The largest absolute Gasteiger partial charge is 0.462 e. The molecule has 1 aliphatic heterocycles. The van der Waals surface area contributed by atoms with Crippen LogP contribution in [0.2, 0.25) is 0 Å². The second-order valence-corrected chi connectivity index (χ2v) is 20.8. The number of aliphatic hydroxyl groups excluding tert-OH is 4. The van der Waals surface area contributed by atoms with Gasteiger partial charge in [0.25, 0.3) is 0 Å². The average Bonchev–Trinajstić information content (AvgIpc) is 3.34. The molecule has 1 fully saturated rings. The lowest BCUT2D eigenvalue weighted by atomic mass is 9.99. The highest BCUT2D eigenvalue weighted by Gasteiger charge is 2.44. The summed E-state index contributed by atoms with van der Waals surface area (Å²) in [6.45, 7) is 3.51. The highest BCUT2D eigenvalue weighted by Crippen LogP contribution is 2.23. The van der Waals surface area contributed by atoms with E-state index in [1.54, 1.807) is 0 Å². The molecule has 0 bridgehead atoms. The SMILES string of the molecule is CCCCCCCCCCCCCCCCCCCCCCCCC(=O)OC(COC(=O)CCCCCCCCCCCCCCCCCCCCCCC)COC1OC(CO)C(O)C(O)C1O. The van der Waals surface area contributed by atoms with E-state index in [2.05, 4.69) is 13.8 Å². The maximum Gasteiger partial charge on any atom is 0.306 e. The lowest BCUT2D eigenvalue weighted by Crippen LogP contribution is -2.59. The van der Waals surface area contributed by atoms with Crippen molar-refractivity contribution in [2.24, 2.45) is 0 Å². The van der Waals surface area contributed by atoms with Gasteiger partial charge in [-0.2, -0.15) is 0 Å². The molecule has 6 atom stereocenters. The minimum atomic E-state index is -1.59. The Hall–Kier alpha value is -1.30. The van der Waals surface area contributed by atoms with Gasteiger partial charge in [-0.25, -0.2) is 0 Å². The molecule has 1 rings (SSSR count). The summed E-state index contributed by atoms with van der Waals surface area (Å²) in [5.41, 5.74) is 0. The summed E-state index contributed by atoms with van der Waals surface area (Å²) in [5.74, 6) is -0.780. The fraction of sp³-hybridized carbons (Fsp3) is 0.966. The van der Waals surface area contributed by atoms with Crippen molar-refractivity contribution in [3.63, 3.8) is 0 Å². The van der Waals surface area contributed by atoms with Gasteiger partial charge in [0.05, 0.1) is 13.2 Å². The van der Waals surface area contributed by atoms with Crippen molar-refractivity contribution in [3.8, 4) is 0 Å². The number of carbonyl (C=O) groups is 2. The van der Waals surface area contributed by atoms with Crippen LogP contribution in [-0.4, -0.2) is 89.0 Å². The molecule has 6 unspecified atom stereocenters. The Morgan fingerprint density at radius 1 is 0.397 bits per heavy atom. The molecule has 0 saturated carbocycles. The van der Waals surface area contributed by atoms with Gasteiger partial charge in [-0.05, 0) is 12.8 Å². The van der Waals surface area contributed by atoms with Crippen LogP contribution in [0, 0.1) is 0 Å². The Balaban J connectivity index is 2.17. The average molecular weight is 970 g/mol. The third-order valence-corrected chi connectivity index (χ3v) is 14.2. The summed E-state index contributed by atoms with van der Waals surface area (Å²) in [5, 5.41) is 40.3. The van der Waals surface area contributed by atoms with E-state index in [9.17, 15) is 30.0 Å². The van der Waals surface area contributed by atoms with E-state index in [4.69, 9.17) is 18.9 Å². The molecule has 10 heteroatoms. The van der Waals surface area contributed by atoms with E-state index in [-0.39, 0.29) is 32.0 Å². The van der Waals surface area contributed by atoms with Crippen LogP contribution in [0.4, 0.5) is 0 Å². The van der Waals surface area contributed by atoms with Gasteiger partial charge in [-0.3, -0.25) is 9.59 Å². The van der Waals surface area contributed by atoms with E-state index in [1.807, 2.05) is 0 Å². The topological polar surface area (TPSA) is 152 Å². The standard InChI is InChI=1S/C58H112O10/c1-3-5-7-9-11-13-15-17-19-21-23-25-27-29-31-33-35-37-39-41-43-45-47-54(61)67-51(50-66-58-57(64)56(63)55(62)52(48-59)68-58)49-65-53(60)46-44-42-40-38-36-34-32-30-28-26-24-22-20-18-16-14-12-10-8-6-4-2/h51-52,55-59,62-64H,3-50H2,1-2H3. The van der Waals surface area contributed by atoms with Crippen LogP contribution in [-0.2, 0) is 28.5 Å². The molecule has 1 heterocycles. The van der Waals surface area contributed by atoms with Crippen molar-refractivity contribution in [2.45, 2.75) is 340 Å². The van der Waals surface area contributed by atoms with Gasteiger partial charge in [0, 0.05) is 12.8 Å². The van der Waals surface area contributed by atoms with E-state index >= 15 is 0 Å². The number of hydrogen-bond donors (Lipinski definition) is 4. The van der Waals surface area contributed by atoms with Crippen LogP contribution in [0.15, 0.2) is 0 Å². The molecule has 10 nitrogen and oxygen atoms in total. The van der Waals surface area contributed by atoms with Crippen molar-refractivity contribution in [2.75, 3.05) is 19.8 Å². The molecule has 1 aliphatic rings. The smallest absolute Gasteiger partial charge is 0.306 e. The summed E-state index contributed by atoms with van der Waals surface area (Å²) >= 11 is 0. The molecule has 404 valence electrons. The van der Waals surface area contributed by atoms with Gasteiger partial charge in [-0.1, -0.05) is 277 Å². The summed E-state index contributed by atoms with van der Waals surface area (Å²) in [6, 6.07) is 0. The molecule has 68 heavy (non-hydrogen) atoms. The zero-order chi connectivity index (χ0) is 49.4. The predicted octanol–water partition coefficient (Wildman–Crippen LogP) is 14.9. The molecule has 0 aromatic carbocycles. The van der Waals surface area contributed by atoms with Crippen LogP contribution < -0.4 is 0 Å². The molecule has 0 radical (unpaired) electrons. The maximum absolute atomic E-state index is 12.9. The number of hydrogen-bond acceptors (Lipinski definition) is 10. The zero-order valence-electron chi connectivity index (χ0n) is 44.6. The minimum absolute atomic E-state index is 0.208. The number of rotatable bonds is 52. The van der Waals surface area contributed by atoms with E-state index < -0.39 is 49.4 Å². The second-order valence-electron chi connectivity index (χ2n) is 20.8. The van der Waals surface area contributed by atoms with Gasteiger partial charge in [-0.15, -0.1) is 0 Å². The third kappa shape index (κ3) is 39.3. The molecule has 0 aliphatic carbocycles. The van der Waals surface area contributed by atoms with Gasteiger partial charge >= 0.3 is 11.9 Å². The molecule has 1 saturated heterocycles. The number of carbonyl (C=O) groups excluding carboxylic acids is 2. The molecular weight excluding hydrogens is 857 g/mol. The number of esters is 2. The van der Waals surface area contributed by atoms with Crippen molar-refractivity contribution < 1.29 is 49.0 Å². The van der Waals surface area contributed by atoms with Gasteiger partial charge in [0.1, 0.15) is 31.0 Å². The highest BCUT2D eigenvalue weighted by atomic mass is 16.7. The van der Waals surface area contributed by atoms with Crippen LogP contribution in [0.3, 0.4) is 0 Å². The molecule has 0 aromatic heterocycles. The Kier molecular flexibility index (Phi) is 46.9. The Labute approximate surface area is 418 Å². The lowest BCUT2D eigenvalue weighted by Gasteiger charge is -2.39. The number of aliphatic hydroxyl groups is 4. The van der Waals surface area contributed by atoms with Gasteiger partial charge in [0.2, 0.25) is 0 Å². The maximum atomic E-state index is 12.9. The normalized spacial score (nSPS) is 18.8. The quantitative estimate of drug-likeness (QED) is 0.0342. The highest BCUT2D eigenvalue weighted by molar-refractivity contribution is 5.70. The number of ether oxygens (including phenoxy) is 4. The zero-order valence-corrected chi connectivity index (χ0v) is 44.6. The van der Waals surface area contributed by atoms with E-state index in [0.717, 1.165) is 32.1 Å². The van der Waals surface area contributed by atoms with Crippen molar-refractivity contribution in [1.29, 1.82) is 0 Å². The van der Waals surface area contributed by atoms with Crippen LogP contribution >= 0.6 is 0 Å². The summed E-state index contributed by atoms with van der Waals surface area (Å²) in [7, 11) is 0. The van der Waals surface area contributed by atoms with E-state index in [1.165, 1.54) is 238 Å². The second kappa shape index (κ2) is 49.3. The third-order valence-electron chi connectivity index (χ3n) is 14.2.